The molecule has 3 N–H and O–H groups in total. The quantitative estimate of drug-likeness (QED) is 0.154. The lowest BCUT2D eigenvalue weighted by Gasteiger charge is -2.48. The summed E-state index contributed by atoms with van der Waals surface area (Å²) in [6.45, 7) is 4.53. The zero-order valence-electron chi connectivity index (χ0n) is 23.6. The van der Waals surface area contributed by atoms with Gasteiger partial charge in [-0.3, -0.25) is 4.90 Å². The second kappa shape index (κ2) is 13.1. The Hall–Kier alpha value is -2.37. The molecule has 206 valence electrons. The lowest BCUT2D eigenvalue weighted by molar-refractivity contribution is 0.0362. The summed E-state index contributed by atoms with van der Waals surface area (Å²) in [5.41, 5.74) is 10.6. The highest BCUT2D eigenvalue weighted by Crippen LogP contribution is 2.44. The molecule has 1 aromatic heterocycles. The van der Waals surface area contributed by atoms with Crippen molar-refractivity contribution >= 4 is 17.0 Å². The Balaban J connectivity index is 1.32. The van der Waals surface area contributed by atoms with E-state index in [0.717, 1.165) is 43.8 Å². The van der Waals surface area contributed by atoms with Crippen molar-refractivity contribution in [3.05, 3.63) is 60.2 Å². The molecule has 3 aromatic rings. The molecule has 2 heterocycles. The molecule has 2 aliphatic rings. The zero-order chi connectivity index (χ0) is 26.2. The van der Waals surface area contributed by atoms with Crippen LogP contribution in [0.5, 0.6) is 0 Å². The Kier molecular flexibility index (Phi) is 9.40. The van der Waals surface area contributed by atoms with Crippen LogP contribution in [0.25, 0.3) is 11.0 Å². The van der Waals surface area contributed by atoms with Crippen LogP contribution in [-0.4, -0.2) is 33.7 Å². The summed E-state index contributed by atoms with van der Waals surface area (Å²) in [5, 5.41) is 3.62. The number of fused-ring (bicyclic) bond motifs is 1. The maximum atomic E-state index is 6.58. The molecule has 2 fully saturated rings. The highest BCUT2D eigenvalue weighted by molar-refractivity contribution is 5.79. The van der Waals surface area contributed by atoms with Crippen molar-refractivity contribution in [1.29, 1.82) is 0 Å². The number of rotatable bonds is 11. The van der Waals surface area contributed by atoms with Gasteiger partial charge in [-0.05, 0) is 49.8 Å². The molecule has 0 spiro atoms. The lowest BCUT2D eigenvalue weighted by atomic mass is 9.79. The van der Waals surface area contributed by atoms with Gasteiger partial charge in [-0.2, -0.15) is 0 Å². The first-order valence-electron chi connectivity index (χ1n) is 15.5. The average Bonchev–Trinajstić information content (AvgIpc) is 3.13. The third kappa shape index (κ3) is 6.10. The molecule has 1 saturated carbocycles. The van der Waals surface area contributed by atoms with Gasteiger partial charge in [0, 0.05) is 24.7 Å². The second-order valence-corrected chi connectivity index (χ2v) is 11.8. The van der Waals surface area contributed by atoms with Gasteiger partial charge in [-0.1, -0.05) is 107 Å². The molecule has 1 atom stereocenters. The fraction of sp³-hybridized carbons (Fsp3) is 0.606. The monoisotopic (exact) mass is 515 g/mol. The fourth-order valence-electron chi connectivity index (χ4n) is 7.12. The summed E-state index contributed by atoms with van der Waals surface area (Å²) in [6, 6.07) is 20.4. The largest absolute Gasteiger partial charge is 0.341 e. The fourth-order valence-corrected chi connectivity index (χ4v) is 7.12. The van der Waals surface area contributed by atoms with Crippen LogP contribution in [-0.2, 0) is 5.54 Å². The summed E-state index contributed by atoms with van der Waals surface area (Å²) in [4.78, 5) is 7.87. The number of likely N-dealkylation sites (tertiary alicyclic amines) is 1. The molecule has 0 amide bonds. The van der Waals surface area contributed by atoms with Crippen molar-refractivity contribution in [2.24, 2.45) is 5.73 Å². The van der Waals surface area contributed by atoms with Gasteiger partial charge in [-0.15, -0.1) is 0 Å². The van der Waals surface area contributed by atoms with Gasteiger partial charge in [0.05, 0.1) is 17.2 Å². The molecule has 1 aliphatic heterocycles. The Morgan fingerprint density at radius 1 is 0.895 bits per heavy atom. The Morgan fingerprint density at radius 3 is 2.32 bits per heavy atom. The van der Waals surface area contributed by atoms with E-state index in [-0.39, 0.29) is 11.7 Å². The first-order valence-corrected chi connectivity index (χ1v) is 15.5. The third-order valence-corrected chi connectivity index (χ3v) is 9.21. The molecule has 2 aromatic carbocycles. The van der Waals surface area contributed by atoms with Crippen LogP contribution in [0.4, 0.5) is 5.95 Å². The molecule has 5 heteroatoms. The molecule has 1 aliphatic carbocycles. The van der Waals surface area contributed by atoms with Gasteiger partial charge in [0.2, 0.25) is 5.95 Å². The molecule has 5 nitrogen and oxygen atoms in total. The van der Waals surface area contributed by atoms with Gasteiger partial charge in [0.15, 0.2) is 0 Å². The Bertz CT molecular complexity index is 1110. The number of hydrogen-bond acceptors (Lipinski definition) is 4. The smallest absolute Gasteiger partial charge is 0.205 e. The first-order chi connectivity index (χ1) is 18.7. The number of para-hydroxylation sites is 2. The minimum Gasteiger partial charge on any atom is -0.341 e. The van der Waals surface area contributed by atoms with E-state index >= 15 is 0 Å². The van der Waals surface area contributed by atoms with Crippen molar-refractivity contribution in [2.45, 2.75) is 115 Å². The second-order valence-electron chi connectivity index (χ2n) is 11.8. The number of piperidine rings is 1. The number of benzene rings is 2. The van der Waals surface area contributed by atoms with Crippen molar-refractivity contribution in [3.63, 3.8) is 0 Å². The number of unbranched alkanes of at least 4 members (excludes halogenated alkanes) is 4. The van der Waals surface area contributed by atoms with Crippen molar-refractivity contribution in [2.75, 3.05) is 18.4 Å². The van der Waals surface area contributed by atoms with E-state index < -0.39 is 0 Å². The standard InChI is InChI=1S/C33H49N5/c1-2-3-4-5-11-20-31(34)36-32-35-29-18-12-13-19-30(29)38(32)28-21-25-37(26-22-28)33(23-14-6-7-15-24-33)27-16-9-8-10-17-27/h8-10,12-13,16-19,28,31H,2-7,11,14-15,20-26,34H2,1H3,(H,35,36). The molecule has 1 saturated heterocycles. The maximum absolute atomic E-state index is 6.58. The normalized spacial score (nSPS) is 19.8. The number of nitrogens with two attached hydrogens (primary N) is 1. The van der Waals surface area contributed by atoms with E-state index in [0.29, 0.717) is 6.04 Å². The molecule has 5 rings (SSSR count). The number of imidazole rings is 1. The predicted molar refractivity (Wildman–Crippen MR) is 160 cm³/mol. The van der Waals surface area contributed by atoms with Crippen LogP contribution in [0, 0.1) is 0 Å². The number of anilines is 1. The minimum atomic E-state index is -0.0559. The summed E-state index contributed by atoms with van der Waals surface area (Å²) >= 11 is 0. The average molecular weight is 516 g/mol. The van der Waals surface area contributed by atoms with Crippen molar-refractivity contribution < 1.29 is 0 Å². The first kappa shape index (κ1) is 27.2. The van der Waals surface area contributed by atoms with E-state index in [2.05, 4.69) is 76.3 Å². The van der Waals surface area contributed by atoms with Gasteiger partial charge in [-0.25, -0.2) is 4.98 Å². The van der Waals surface area contributed by atoms with Gasteiger partial charge in [0.25, 0.3) is 0 Å². The van der Waals surface area contributed by atoms with Crippen LogP contribution < -0.4 is 11.1 Å². The molecule has 0 bridgehead atoms. The summed E-state index contributed by atoms with van der Waals surface area (Å²) in [7, 11) is 0. The number of nitrogens with zero attached hydrogens (tertiary/aromatic N) is 3. The highest BCUT2D eigenvalue weighted by atomic mass is 15.3. The molecular weight excluding hydrogens is 466 g/mol. The highest BCUT2D eigenvalue weighted by Gasteiger charge is 2.40. The predicted octanol–water partition coefficient (Wildman–Crippen LogP) is 7.98. The number of nitrogens with one attached hydrogen (secondary N) is 1. The molecule has 0 radical (unpaired) electrons. The Labute approximate surface area is 230 Å². The van der Waals surface area contributed by atoms with Crippen LogP contribution >= 0.6 is 0 Å². The zero-order valence-corrected chi connectivity index (χ0v) is 23.6. The van der Waals surface area contributed by atoms with Crippen LogP contribution in [0.15, 0.2) is 54.6 Å². The summed E-state index contributed by atoms with van der Waals surface area (Å²) in [6.07, 6.45) is 17.6. The van der Waals surface area contributed by atoms with Gasteiger partial charge >= 0.3 is 0 Å². The lowest BCUT2D eigenvalue weighted by Crippen LogP contribution is -2.50. The molecular formula is C33H49N5. The van der Waals surface area contributed by atoms with Crippen LogP contribution in [0.3, 0.4) is 0 Å². The van der Waals surface area contributed by atoms with E-state index in [1.54, 1.807) is 0 Å². The van der Waals surface area contributed by atoms with Crippen molar-refractivity contribution in [1.82, 2.24) is 14.5 Å². The van der Waals surface area contributed by atoms with Gasteiger partial charge < -0.3 is 15.6 Å². The van der Waals surface area contributed by atoms with E-state index in [9.17, 15) is 0 Å². The van der Waals surface area contributed by atoms with Gasteiger partial charge in [0.1, 0.15) is 0 Å². The van der Waals surface area contributed by atoms with E-state index in [1.165, 1.54) is 81.7 Å². The molecule has 38 heavy (non-hydrogen) atoms. The summed E-state index contributed by atoms with van der Waals surface area (Å²) < 4.78 is 2.48. The molecule has 1 unspecified atom stereocenters. The topological polar surface area (TPSA) is 59.1 Å². The van der Waals surface area contributed by atoms with Crippen molar-refractivity contribution in [3.8, 4) is 0 Å². The number of aromatic nitrogens is 2. The number of hydrogen-bond donors (Lipinski definition) is 2. The maximum Gasteiger partial charge on any atom is 0.205 e. The SMILES string of the molecule is CCCCCCCC(N)Nc1nc2ccccc2n1C1CCN(C2(c3ccccc3)CCCCCC2)CC1. The van der Waals surface area contributed by atoms with Crippen LogP contribution in [0.1, 0.15) is 108 Å². The third-order valence-electron chi connectivity index (χ3n) is 9.21. The van der Waals surface area contributed by atoms with E-state index in [1.807, 2.05) is 0 Å². The van der Waals surface area contributed by atoms with Crippen LogP contribution in [0.2, 0.25) is 0 Å². The minimum absolute atomic E-state index is 0.0559. The van der Waals surface area contributed by atoms with E-state index in [4.69, 9.17) is 10.7 Å². The summed E-state index contributed by atoms with van der Waals surface area (Å²) in [5.74, 6) is 0.956. The Morgan fingerprint density at radius 2 is 1.58 bits per heavy atom.